The van der Waals surface area contributed by atoms with Crippen molar-refractivity contribution in [3.63, 3.8) is 0 Å². The number of benzene rings is 2. The molecule has 1 atom stereocenters. The molecule has 0 saturated heterocycles. The van der Waals surface area contributed by atoms with Crippen molar-refractivity contribution >= 4 is 22.4 Å². The van der Waals surface area contributed by atoms with Gasteiger partial charge < -0.3 is 19.5 Å². The molecular weight excluding hydrogens is 510 g/mol. The highest BCUT2D eigenvalue weighted by Crippen LogP contribution is 2.32. The smallest absolute Gasteiger partial charge is 0.328 e. The summed E-state index contributed by atoms with van der Waals surface area (Å²) in [5.74, 6) is 0.372. The van der Waals surface area contributed by atoms with Crippen LogP contribution in [0.3, 0.4) is 0 Å². The molecule has 9 heteroatoms. The van der Waals surface area contributed by atoms with E-state index in [-0.39, 0.29) is 31.1 Å². The molecule has 9 nitrogen and oxygen atoms in total. The zero-order chi connectivity index (χ0) is 28.1. The van der Waals surface area contributed by atoms with Crippen LogP contribution in [0.4, 0.5) is 5.69 Å². The molecule has 0 fully saturated rings. The molecule has 202 valence electrons. The molecule has 40 heavy (non-hydrogen) atoms. The van der Waals surface area contributed by atoms with Gasteiger partial charge in [-0.15, -0.1) is 0 Å². The fourth-order valence-electron chi connectivity index (χ4n) is 4.33. The van der Waals surface area contributed by atoms with Gasteiger partial charge in [0.25, 0.3) is 10.9 Å². The van der Waals surface area contributed by atoms with E-state index >= 15 is 0 Å². The molecule has 2 heterocycles. The molecule has 0 aliphatic rings. The standard InChI is InChI=1S/C31H27N3O6/c1-3-38-29-26(27(35)28(29)36)33-25(31(37)39-4-2)16-19-10-12-22(13-11-19)40-30-23-18-32-15-14-21(23)17-24(34-30)20-8-6-5-7-9-20/h5-15,17-18,25,33H,3-4,16H2,1-2H3/t25-/m0/s1. The van der Waals surface area contributed by atoms with Crippen LogP contribution in [0, 0.1) is 0 Å². The molecule has 3 aromatic carbocycles. The van der Waals surface area contributed by atoms with Crippen molar-refractivity contribution in [2.24, 2.45) is 0 Å². The Labute approximate surface area is 230 Å². The van der Waals surface area contributed by atoms with Crippen LogP contribution in [-0.4, -0.2) is 35.2 Å². The van der Waals surface area contributed by atoms with Crippen molar-refractivity contribution < 1.29 is 19.0 Å². The van der Waals surface area contributed by atoms with Crippen LogP contribution in [0.25, 0.3) is 22.0 Å². The fourth-order valence-corrected chi connectivity index (χ4v) is 4.33. The van der Waals surface area contributed by atoms with Crippen LogP contribution in [0.15, 0.2) is 88.7 Å². The van der Waals surface area contributed by atoms with Crippen LogP contribution >= 0.6 is 0 Å². The van der Waals surface area contributed by atoms with Crippen molar-refractivity contribution in [2.75, 3.05) is 18.5 Å². The summed E-state index contributed by atoms with van der Waals surface area (Å²) in [6.45, 7) is 3.80. The van der Waals surface area contributed by atoms with E-state index in [4.69, 9.17) is 19.2 Å². The largest absolute Gasteiger partial charge is 0.488 e. The zero-order valence-corrected chi connectivity index (χ0v) is 22.0. The summed E-state index contributed by atoms with van der Waals surface area (Å²) in [6.07, 6.45) is 3.65. The van der Waals surface area contributed by atoms with Gasteiger partial charge in [-0.3, -0.25) is 14.6 Å². The number of hydrogen-bond donors (Lipinski definition) is 1. The zero-order valence-electron chi connectivity index (χ0n) is 22.0. The number of fused-ring (bicyclic) bond motifs is 1. The molecule has 0 radical (unpaired) electrons. The number of nitrogens with one attached hydrogen (secondary N) is 1. The summed E-state index contributed by atoms with van der Waals surface area (Å²) >= 11 is 0. The van der Waals surface area contributed by atoms with Gasteiger partial charge in [-0.25, -0.2) is 9.78 Å². The van der Waals surface area contributed by atoms with Gasteiger partial charge in [0.2, 0.25) is 5.88 Å². The molecule has 0 bridgehead atoms. The maximum atomic E-state index is 12.7. The highest BCUT2D eigenvalue weighted by molar-refractivity contribution is 5.89. The minimum atomic E-state index is -0.895. The lowest BCUT2D eigenvalue weighted by atomic mass is 10.0. The molecule has 0 saturated carbocycles. The number of ether oxygens (including phenoxy) is 3. The van der Waals surface area contributed by atoms with Gasteiger partial charge in [0, 0.05) is 24.4 Å². The first-order valence-electron chi connectivity index (χ1n) is 12.9. The van der Waals surface area contributed by atoms with Gasteiger partial charge in [0.15, 0.2) is 5.75 Å². The summed E-state index contributed by atoms with van der Waals surface area (Å²) in [5.41, 5.74) is 1.10. The van der Waals surface area contributed by atoms with Crippen LogP contribution in [0.2, 0.25) is 0 Å². The molecule has 5 rings (SSSR count). The lowest BCUT2D eigenvalue weighted by Gasteiger charge is -2.21. The van der Waals surface area contributed by atoms with E-state index in [0.29, 0.717) is 11.6 Å². The van der Waals surface area contributed by atoms with Gasteiger partial charge in [0.1, 0.15) is 17.5 Å². The molecule has 0 aliphatic carbocycles. The van der Waals surface area contributed by atoms with Gasteiger partial charge in [-0.2, -0.15) is 0 Å². The number of esters is 1. The van der Waals surface area contributed by atoms with Gasteiger partial charge in [0.05, 0.1) is 24.3 Å². The molecule has 0 unspecified atom stereocenters. The highest BCUT2D eigenvalue weighted by Gasteiger charge is 2.28. The van der Waals surface area contributed by atoms with Crippen molar-refractivity contribution in [1.82, 2.24) is 9.97 Å². The quantitative estimate of drug-likeness (QED) is 0.189. The Bertz CT molecular complexity index is 1710. The minimum absolute atomic E-state index is 0.00489. The Balaban J connectivity index is 1.38. The average molecular weight is 538 g/mol. The summed E-state index contributed by atoms with van der Waals surface area (Å²) in [5, 5.41) is 4.58. The number of anilines is 1. The van der Waals surface area contributed by atoms with Crippen molar-refractivity contribution in [1.29, 1.82) is 0 Å². The Morgan fingerprint density at radius 3 is 2.45 bits per heavy atom. The maximum absolute atomic E-state index is 12.7. The topological polar surface area (TPSA) is 117 Å². The molecule has 0 amide bonds. The summed E-state index contributed by atoms with van der Waals surface area (Å²) in [6, 6.07) is 20.0. The third-order valence-electron chi connectivity index (χ3n) is 6.29. The number of carbonyl (C=O) groups excluding carboxylic acids is 1. The Kier molecular flexibility index (Phi) is 7.82. The predicted octanol–water partition coefficient (Wildman–Crippen LogP) is 4.67. The summed E-state index contributed by atoms with van der Waals surface area (Å²) < 4.78 is 16.7. The predicted molar refractivity (Wildman–Crippen MR) is 152 cm³/mol. The Morgan fingerprint density at radius 2 is 1.73 bits per heavy atom. The van der Waals surface area contributed by atoms with Crippen molar-refractivity contribution in [3.05, 3.63) is 105 Å². The minimum Gasteiger partial charge on any atom is -0.488 e. The van der Waals surface area contributed by atoms with Crippen molar-refractivity contribution in [2.45, 2.75) is 26.3 Å². The van der Waals surface area contributed by atoms with Crippen LogP contribution < -0.4 is 25.6 Å². The van der Waals surface area contributed by atoms with Crippen LogP contribution in [0.5, 0.6) is 17.4 Å². The Morgan fingerprint density at radius 1 is 0.950 bits per heavy atom. The first kappa shape index (κ1) is 26.6. The third kappa shape index (κ3) is 5.54. The Hall–Kier alpha value is -5.05. The van der Waals surface area contributed by atoms with E-state index in [0.717, 1.165) is 27.6 Å². The van der Waals surface area contributed by atoms with Crippen molar-refractivity contribution in [3.8, 4) is 28.6 Å². The van der Waals surface area contributed by atoms with E-state index < -0.39 is 22.9 Å². The molecule has 0 aliphatic heterocycles. The first-order valence-corrected chi connectivity index (χ1v) is 12.9. The van der Waals surface area contributed by atoms with Gasteiger partial charge in [-0.05, 0) is 49.1 Å². The molecular formula is C31H27N3O6. The first-order chi connectivity index (χ1) is 19.5. The molecule has 1 N–H and O–H groups in total. The van der Waals surface area contributed by atoms with Crippen LogP contribution in [0.1, 0.15) is 19.4 Å². The monoisotopic (exact) mass is 537 g/mol. The normalized spacial score (nSPS) is 11.8. The lowest BCUT2D eigenvalue weighted by Crippen LogP contribution is -2.42. The average Bonchev–Trinajstić information content (AvgIpc) is 2.99. The number of aromatic nitrogens is 2. The second-order valence-corrected chi connectivity index (χ2v) is 8.97. The number of pyridine rings is 2. The number of hydrogen-bond acceptors (Lipinski definition) is 9. The number of rotatable bonds is 11. The van der Waals surface area contributed by atoms with E-state index in [1.54, 1.807) is 38.4 Å². The lowest BCUT2D eigenvalue weighted by molar-refractivity contribution is -0.144. The SMILES string of the molecule is CCOC(=O)[C@H](Cc1ccc(Oc2nc(-c3ccccc3)cc3ccncc23)cc1)Nc1c(OCC)c(=O)c1=O. The van der Waals surface area contributed by atoms with E-state index in [9.17, 15) is 14.4 Å². The van der Waals surface area contributed by atoms with Crippen LogP contribution in [-0.2, 0) is 16.0 Å². The molecule has 5 aromatic rings. The number of nitrogens with zero attached hydrogens (tertiary/aromatic N) is 2. The third-order valence-corrected chi connectivity index (χ3v) is 6.29. The molecule has 0 spiro atoms. The van der Waals surface area contributed by atoms with Gasteiger partial charge in [-0.1, -0.05) is 42.5 Å². The number of carbonyl (C=O) groups is 1. The second kappa shape index (κ2) is 11.8. The second-order valence-electron chi connectivity index (χ2n) is 8.97. The fraction of sp³-hybridized carbons (Fsp3) is 0.194. The van der Waals surface area contributed by atoms with E-state index in [2.05, 4.69) is 10.3 Å². The summed E-state index contributed by atoms with van der Waals surface area (Å²) in [7, 11) is 0. The van der Waals surface area contributed by atoms with E-state index in [1.807, 2.05) is 54.6 Å². The van der Waals surface area contributed by atoms with Gasteiger partial charge >= 0.3 is 5.97 Å². The van der Waals surface area contributed by atoms with E-state index in [1.165, 1.54) is 0 Å². The molecule has 2 aromatic heterocycles. The highest BCUT2D eigenvalue weighted by atomic mass is 16.5. The maximum Gasteiger partial charge on any atom is 0.328 e. The summed E-state index contributed by atoms with van der Waals surface area (Å²) in [4.78, 5) is 45.6.